The van der Waals surface area contributed by atoms with E-state index in [1.165, 1.54) is 26.4 Å². The number of halogens is 2. The number of anilines is 1. The molecule has 8 heteroatoms. The van der Waals surface area contributed by atoms with E-state index in [-0.39, 0.29) is 13.0 Å². The molecule has 0 aliphatic rings. The molecule has 0 saturated heterocycles. The standard InChI is InChI=1S/C18H18Cl2N2O4/c1-25-15-8-14(16(26-2)7-13(15)20)22-18(24)9-17(23)21-10-11-5-3-4-6-12(11)19/h3-8H,9-10H2,1-2H3,(H,21,23)(H,22,24). The summed E-state index contributed by atoms with van der Waals surface area (Å²) < 4.78 is 10.3. The number of methoxy groups -OCH3 is 2. The number of rotatable bonds is 7. The smallest absolute Gasteiger partial charge is 0.233 e. The second kappa shape index (κ2) is 9.31. The monoisotopic (exact) mass is 396 g/mol. The van der Waals surface area contributed by atoms with Crippen LogP contribution in [0.15, 0.2) is 36.4 Å². The Morgan fingerprint density at radius 3 is 2.31 bits per heavy atom. The summed E-state index contributed by atoms with van der Waals surface area (Å²) in [5.41, 5.74) is 1.13. The topological polar surface area (TPSA) is 76.7 Å². The van der Waals surface area contributed by atoms with Crippen molar-refractivity contribution in [3.63, 3.8) is 0 Å². The van der Waals surface area contributed by atoms with E-state index in [0.29, 0.717) is 27.2 Å². The van der Waals surface area contributed by atoms with Crippen molar-refractivity contribution in [3.05, 3.63) is 52.0 Å². The van der Waals surface area contributed by atoms with Crippen molar-refractivity contribution in [2.24, 2.45) is 0 Å². The van der Waals surface area contributed by atoms with Crippen LogP contribution in [0, 0.1) is 0 Å². The molecule has 0 aromatic heterocycles. The Balaban J connectivity index is 1.96. The third-order valence-corrected chi connectivity index (χ3v) is 4.17. The number of carbonyl (C=O) groups is 2. The highest BCUT2D eigenvalue weighted by Gasteiger charge is 2.15. The van der Waals surface area contributed by atoms with E-state index < -0.39 is 11.8 Å². The molecule has 2 amide bonds. The largest absolute Gasteiger partial charge is 0.495 e. The molecule has 26 heavy (non-hydrogen) atoms. The van der Waals surface area contributed by atoms with E-state index in [2.05, 4.69) is 10.6 Å². The minimum atomic E-state index is -0.496. The Labute approximate surface area is 161 Å². The maximum Gasteiger partial charge on any atom is 0.233 e. The molecule has 0 aliphatic carbocycles. The number of amides is 2. The SMILES string of the molecule is COc1cc(NC(=O)CC(=O)NCc2ccccc2Cl)c(OC)cc1Cl. The molecule has 0 unspecified atom stereocenters. The summed E-state index contributed by atoms with van der Waals surface area (Å²) in [7, 11) is 2.91. The van der Waals surface area contributed by atoms with Crippen molar-refractivity contribution in [3.8, 4) is 11.5 Å². The van der Waals surface area contributed by atoms with Crippen molar-refractivity contribution < 1.29 is 19.1 Å². The van der Waals surface area contributed by atoms with Gasteiger partial charge >= 0.3 is 0 Å². The van der Waals surface area contributed by atoms with Crippen LogP contribution in [-0.2, 0) is 16.1 Å². The van der Waals surface area contributed by atoms with Crippen LogP contribution < -0.4 is 20.1 Å². The van der Waals surface area contributed by atoms with Gasteiger partial charge in [0.25, 0.3) is 0 Å². The highest BCUT2D eigenvalue weighted by Crippen LogP contribution is 2.35. The Kier molecular flexibility index (Phi) is 7.12. The summed E-state index contributed by atoms with van der Waals surface area (Å²) in [6.07, 6.45) is -0.349. The van der Waals surface area contributed by atoms with Gasteiger partial charge in [-0.1, -0.05) is 41.4 Å². The van der Waals surface area contributed by atoms with E-state index in [4.69, 9.17) is 32.7 Å². The molecule has 138 valence electrons. The molecule has 2 rings (SSSR count). The molecule has 2 aromatic rings. The number of benzene rings is 2. The van der Waals surface area contributed by atoms with Gasteiger partial charge < -0.3 is 20.1 Å². The first-order chi connectivity index (χ1) is 12.4. The first-order valence-electron chi connectivity index (χ1n) is 7.66. The molecule has 2 aromatic carbocycles. The molecular weight excluding hydrogens is 379 g/mol. The lowest BCUT2D eigenvalue weighted by Crippen LogP contribution is -2.28. The van der Waals surface area contributed by atoms with Gasteiger partial charge in [0, 0.05) is 23.7 Å². The van der Waals surface area contributed by atoms with Gasteiger partial charge in [-0.15, -0.1) is 0 Å². The molecule has 0 saturated carbocycles. The lowest BCUT2D eigenvalue weighted by molar-refractivity contribution is -0.126. The van der Waals surface area contributed by atoms with Gasteiger partial charge in [-0.25, -0.2) is 0 Å². The van der Waals surface area contributed by atoms with Crippen LogP contribution in [0.2, 0.25) is 10.0 Å². The molecule has 0 atom stereocenters. The maximum absolute atomic E-state index is 12.1. The Morgan fingerprint density at radius 2 is 1.65 bits per heavy atom. The number of ether oxygens (including phenoxy) is 2. The summed E-state index contributed by atoms with van der Waals surface area (Å²) in [6, 6.07) is 10.2. The lowest BCUT2D eigenvalue weighted by Gasteiger charge is -2.13. The number of nitrogens with one attached hydrogen (secondary N) is 2. The van der Waals surface area contributed by atoms with Gasteiger partial charge in [-0.05, 0) is 11.6 Å². The predicted molar refractivity (Wildman–Crippen MR) is 101 cm³/mol. The second-order valence-electron chi connectivity index (χ2n) is 5.28. The summed E-state index contributed by atoms with van der Waals surface area (Å²) in [5, 5.41) is 6.17. The molecule has 0 bridgehead atoms. The summed E-state index contributed by atoms with van der Waals surface area (Å²) in [6.45, 7) is 0.240. The lowest BCUT2D eigenvalue weighted by atomic mass is 10.2. The molecular formula is C18H18Cl2N2O4. The van der Waals surface area contributed by atoms with E-state index >= 15 is 0 Å². The molecule has 2 N–H and O–H groups in total. The fourth-order valence-electron chi connectivity index (χ4n) is 2.20. The average Bonchev–Trinajstić information content (AvgIpc) is 2.62. The highest BCUT2D eigenvalue weighted by atomic mass is 35.5. The van der Waals surface area contributed by atoms with Crippen molar-refractivity contribution in [1.29, 1.82) is 0 Å². The highest BCUT2D eigenvalue weighted by molar-refractivity contribution is 6.32. The van der Waals surface area contributed by atoms with E-state index in [0.717, 1.165) is 5.56 Å². The quantitative estimate of drug-likeness (QED) is 0.700. The Bertz CT molecular complexity index is 812. The van der Waals surface area contributed by atoms with Crippen molar-refractivity contribution in [2.75, 3.05) is 19.5 Å². The zero-order chi connectivity index (χ0) is 19.1. The van der Waals surface area contributed by atoms with Crippen LogP contribution in [0.25, 0.3) is 0 Å². The van der Waals surface area contributed by atoms with Gasteiger partial charge in [-0.3, -0.25) is 9.59 Å². The maximum atomic E-state index is 12.1. The second-order valence-corrected chi connectivity index (χ2v) is 6.09. The molecule has 0 heterocycles. The van der Waals surface area contributed by atoms with E-state index in [9.17, 15) is 9.59 Å². The van der Waals surface area contributed by atoms with Crippen LogP contribution in [0.4, 0.5) is 5.69 Å². The minimum absolute atomic E-state index is 0.240. The molecule has 0 fully saturated rings. The summed E-state index contributed by atoms with van der Waals surface area (Å²) in [5.74, 6) is -0.182. The minimum Gasteiger partial charge on any atom is -0.495 e. The fourth-order valence-corrected chi connectivity index (χ4v) is 2.63. The zero-order valence-corrected chi connectivity index (χ0v) is 15.8. The molecule has 0 radical (unpaired) electrons. The van der Waals surface area contributed by atoms with Gasteiger partial charge in [-0.2, -0.15) is 0 Å². The third-order valence-electron chi connectivity index (χ3n) is 3.50. The predicted octanol–water partition coefficient (Wildman–Crippen LogP) is 3.66. The number of hydrogen-bond donors (Lipinski definition) is 2. The summed E-state index contributed by atoms with van der Waals surface area (Å²) >= 11 is 12.0. The van der Waals surface area contributed by atoms with Crippen molar-refractivity contribution in [2.45, 2.75) is 13.0 Å². The first kappa shape index (κ1) is 19.9. The molecule has 0 spiro atoms. The van der Waals surface area contributed by atoms with Crippen molar-refractivity contribution >= 4 is 40.7 Å². The first-order valence-corrected chi connectivity index (χ1v) is 8.41. The van der Waals surface area contributed by atoms with Crippen LogP contribution in [0.3, 0.4) is 0 Å². The normalized spacial score (nSPS) is 10.2. The average molecular weight is 397 g/mol. The van der Waals surface area contributed by atoms with E-state index in [1.807, 2.05) is 6.07 Å². The zero-order valence-electron chi connectivity index (χ0n) is 14.3. The Hall–Kier alpha value is -2.44. The third kappa shape index (κ3) is 5.28. The van der Waals surface area contributed by atoms with Crippen LogP contribution >= 0.6 is 23.2 Å². The van der Waals surface area contributed by atoms with Gasteiger partial charge in [0.1, 0.15) is 17.9 Å². The fraction of sp³-hybridized carbons (Fsp3) is 0.222. The molecule has 6 nitrogen and oxygen atoms in total. The van der Waals surface area contributed by atoms with Crippen LogP contribution in [-0.4, -0.2) is 26.0 Å². The molecule has 0 aliphatic heterocycles. The number of hydrogen-bond acceptors (Lipinski definition) is 4. The van der Waals surface area contributed by atoms with Gasteiger partial charge in [0.15, 0.2) is 0 Å². The van der Waals surface area contributed by atoms with Gasteiger partial charge in [0.05, 0.1) is 24.9 Å². The van der Waals surface area contributed by atoms with Crippen LogP contribution in [0.5, 0.6) is 11.5 Å². The summed E-state index contributed by atoms with van der Waals surface area (Å²) in [4.78, 5) is 24.1. The van der Waals surface area contributed by atoms with Crippen LogP contribution in [0.1, 0.15) is 12.0 Å². The van der Waals surface area contributed by atoms with E-state index in [1.54, 1.807) is 18.2 Å². The van der Waals surface area contributed by atoms with Crippen molar-refractivity contribution in [1.82, 2.24) is 5.32 Å². The Morgan fingerprint density at radius 1 is 0.962 bits per heavy atom. The van der Waals surface area contributed by atoms with Gasteiger partial charge in [0.2, 0.25) is 11.8 Å². The number of carbonyl (C=O) groups excluding carboxylic acids is 2.